The van der Waals surface area contributed by atoms with Gasteiger partial charge in [-0.1, -0.05) is 12.1 Å². The van der Waals surface area contributed by atoms with Gasteiger partial charge < -0.3 is 10.1 Å². The number of hydrazone groups is 1. The van der Waals surface area contributed by atoms with Gasteiger partial charge in [0.15, 0.2) is 5.11 Å². The Bertz CT molecular complexity index is 404. The molecule has 0 amide bonds. The molecule has 5 heteroatoms. The molecule has 0 unspecified atom stereocenters. The molecule has 4 nitrogen and oxygen atoms in total. The van der Waals surface area contributed by atoms with Gasteiger partial charge in [0.05, 0.1) is 12.8 Å². The van der Waals surface area contributed by atoms with Gasteiger partial charge in [-0.25, -0.2) is 0 Å². The van der Waals surface area contributed by atoms with Crippen LogP contribution < -0.4 is 15.5 Å². The first-order valence-corrected chi connectivity index (χ1v) is 5.25. The Balaban J connectivity index is 2.86. The molecule has 16 heavy (non-hydrogen) atoms. The predicted octanol–water partition coefficient (Wildman–Crippen LogP) is 1.51. The van der Waals surface area contributed by atoms with Gasteiger partial charge in [0, 0.05) is 12.6 Å². The lowest BCUT2D eigenvalue weighted by molar-refractivity contribution is 0.414. The van der Waals surface area contributed by atoms with Crippen molar-refractivity contribution in [1.29, 1.82) is 0 Å². The quantitative estimate of drug-likeness (QED) is 0.475. The van der Waals surface area contributed by atoms with Crippen molar-refractivity contribution >= 4 is 23.0 Å². The molecule has 0 aliphatic heterocycles. The minimum Gasteiger partial charge on any atom is -0.496 e. The van der Waals surface area contributed by atoms with Crippen molar-refractivity contribution in [2.45, 2.75) is 6.92 Å². The van der Waals surface area contributed by atoms with E-state index in [1.807, 2.05) is 31.2 Å². The molecule has 0 aromatic heterocycles. The number of hydrogen-bond donors (Lipinski definition) is 2. The van der Waals surface area contributed by atoms with Crippen molar-refractivity contribution in [3.05, 3.63) is 29.8 Å². The zero-order valence-electron chi connectivity index (χ0n) is 9.57. The van der Waals surface area contributed by atoms with Gasteiger partial charge in [-0.3, -0.25) is 5.43 Å². The van der Waals surface area contributed by atoms with E-state index in [4.69, 9.17) is 17.0 Å². The lowest BCUT2D eigenvalue weighted by Crippen LogP contribution is -2.29. The molecule has 0 fully saturated rings. The molecule has 0 spiro atoms. The van der Waals surface area contributed by atoms with Crippen molar-refractivity contribution in [2.24, 2.45) is 5.10 Å². The molecule has 0 atom stereocenters. The van der Waals surface area contributed by atoms with E-state index in [0.717, 1.165) is 17.0 Å². The maximum absolute atomic E-state index is 5.24. The Kier molecular flexibility index (Phi) is 4.72. The smallest absolute Gasteiger partial charge is 0.186 e. The number of methoxy groups -OCH3 is 1. The first-order chi connectivity index (χ1) is 7.69. The second kappa shape index (κ2) is 6.07. The van der Waals surface area contributed by atoms with E-state index in [1.165, 1.54) is 0 Å². The Hall–Kier alpha value is -1.62. The minimum absolute atomic E-state index is 0.481. The summed E-state index contributed by atoms with van der Waals surface area (Å²) in [4.78, 5) is 0. The Morgan fingerprint density at radius 1 is 1.38 bits per heavy atom. The zero-order valence-corrected chi connectivity index (χ0v) is 10.4. The number of rotatable bonds is 3. The van der Waals surface area contributed by atoms with E-state index in [-0.39, 0.29) is 0 Å². The van der Waals surface area contributed by atoms with Crippen LogP contribution in [0.2, 0.25) is 0 Å². The molecule has 0 bridgehead atoms. The lowest BCUT2D eigenvalue weighted by Gasteiger charge is -2.08. The van der Waals surface area contributed by atoms with Crippen molar-refractivity contribution in [3.63, 3.8) is 0 Å². The number of ether oxygens (including phenoxy) is 1. The molecule has 0 heterocycles. The summed E-state index contributed by atoms with van der Waals surface area (Å²) in [7, 11) is 3.38. The molecule has 0 aliphatic carbocycles. The fraction of sp³-hybridized carbons (Fsp3) is 0.273. The Labute approximate surface area is 101 Å². The molecular formula is C11H15N3OS. The summed E-state index contributed by atoms with van der Waals surface area (Å²) < 4.78 is 5.24. The van der Waals surface area contributed by atoms with Crippen molar-refractivity contribution in [3.8, 4) is 5.75 Å². The maximum Gasteiger partial charge on any atom is 0.186 e. The number of nitrogens with zero attached hydrogens (tertiary/aromatic N) is 1. The summed E-state index contributed by atoms with van der Waals surface area (Å²) in [6.45, 7) is 1.89. The highest BCUT2D eigenvalue weighted by Crippen LogP contribution is 2.17. The van der Waals surface area contributed by atoms with Gasteiger partial charge in [0.25, 0.3) is 0 Å². The van der Waals surface area contributed by atoms with Gasteiger partial charge in [-0.15, -0.1) is 0 Å². The average molecular weight is 237 g/mol. The van der Waals surface area contributed by atoms with Crippen LogP contribution in [0.15, 0.2) is 29.4 Å². The third kappa shape index (κ3) is 3.20. The zero-order chi connectivity index (χ0) is 12.0. The molecule has 0 radical (unpaired) electrons. The van der Waals surface area contributed by atoms with Gasteiger partial charge in [-0.2, -0.15) is 5.10 Å². The number of thiocarbonyl (C=S) groups is 1. The largest absolute Gasteiger partial charge is 0.496 e. The van der Waals surface area contributed by atoms with Crippen molar-refractivity contribution in [2.75, 3.05) is 14.2 Å². The standard InChI is InChI=1S/C11H15N3OS/c1-8(13-14-11(16)12-2)9-6-4-5-7-10(9)15-3/h4-7H,1-3H3,(H2,12,14,16)/b13-8+. The maximum atomic E-state index is 5.24. The van der Waals surface area contributed by atoms with E-state index >= 15 is 0 Å². The fourth-order valence-electron chi connectivity index (χ4n) is 1.19. The highest BCUT2D eigenvalue weighted by molar-refractivity contribution is 7.80. The Morgan fingerprint density at radius 2 is 2.06 bits per heavy atom. The van der Waals surface area contributed by atoms with Crippen LogP contribution in [-0.2, 0) is 0 Å². The van der Waals surface area contributed by atoms with Crippen LogP contribution >= 0.6 is 12.2 Å². The van der Waals surface area contributed by atoms with E-state index in [2.05, 4.69) is 15.8 Å². The summed E-state index contributed by atoms with van der Waals surface area (Å²) in [5, 5.41) is 7.42. The summed E-state index contributed by atoms with van der Waals surface area (Å²) in [6, 6.07) is 7.70. The van der Waals surface area contributed by atoms with E-state index in [9.17, 15) is 0 Å². The number of nitrogens with one attached hydrogen (secondary N) is 2. The highest BCUT2D eigenvalue weighted by Gasteiger charge is 2.04. The van der Waals surface area contributed by atoms with Crippen LogP contribution in [0, 0.1) is 0 Å². The normalized spacial score (nSPS) is 10.8. The van der Waals surface area contributed by atoms with Crippen LogP contribution in [0.3, 0.4) is 0 Å². The van der Waals surface area contributed by atoms with Crippen LogP contribution in [0.4, 0.5) is 0 Å². The van der Waals surface area contributed by atoms with Crippen molar-refractivity contribution in [1.82, 2.24) is 10.7 Å². The SMILES string of the molecule is CNC(=S)N/N=C(\C)c1ccccc1OC. The second-order valence-corrected chi connectivity index (χ2v) is 3.50. The first-order valence-electron chi connectivity index (χ1n) is 4.84. The molecule has 0 aliphatic rings. The number of para-hydroxylation sites is 1. The molecular weight excluding hydrogens is 222 g/mol. The second-order valence-electron chi connectivity index (χ2n) is 3.09. The predicted molar refractivity (Wildman–Crippen MR) is 70.0 cm³/mol. The highest BCUT2D eigenvalue weighted by atomic mass is 32.1. The summed E-state index contributed by atoms with van der Waals surface area (Å²) in [5.41, 5.74) is 4.49. The van der Waals surface area contributed by atoms with E-state index in [1.54, 1.807) is 14.2 Å². The molecule has 1 rings (SSSR count). The van der Waals surface area contributed by atoms with Gasteiger partial charge >= 0.3 is 0 Å². The fourth-order valence-corrected chi connectivity index (χ4v) is 1.24. The molecule has 1 aromatic rings. The first kappa shape index (κ1) is 12.4. The average Bonchev–Trinajstić information content (AvgIpc) is 2.35. The van der Waals surface area contributed by atoms with Crippen molar-refractivity contribution < 1.29 is 4.74 Å². The number of hydrogen-bond acceptors (Lipinski definition) is 3. The molecule has 86 valence electrons. The Morgan fingerprint density at radius 3 is 2.69 bits per heavy atom. The molecule has 1 aromatic carbocycles. The van der Waals surface area contributed by atoms with Crippen LogP contribution in [0.25, 0.3) is 0 Å². The van der Waals surface area contributed by atoms with Crippen LogP contribution in [-0.4, -0.2) is 25.0 Å². The molecule has 0 saturated carbocycles. The van der Waals surface area contributed by atoms with Gasteiger partial charge in [0.2, 0.25) is 0 Å². The third-order valence-corrected chi connectivity index (χ3v) is 2.34. The van der Waals surface area contributed by atoms with Gasteiger partial charge in [0.1, 0.15) is 5.75 Å². The van der Waals surface area contributed by atoms with Crippen LogP contribution in [0.5, 0.6) is 5.75 Å². The number of benzene rings is 1. The summed E-state index contributed by atoms with van der Waals surface area (Å²) in [5.74, 6) is 0.793. The molecule has 0 saturated heterocycles. The summed E-state index contributed by atoms with van der Waals surface area (Å²) >= 11 is 4.92. The molecule has 2 N–H and O–H groups in total. The van der Waals surface area contributed by atoms with E-state index < -0.39 is 0 Å². The van der Waals surface area contributed by atoms with Gasteiger partial charge in [-0.05, 0) is 31.3 Å². The van der Waals surface area contributed by atoms with Crippen LogP contribution in [0.1, 0.15) is 12.5 Å². The minimum atomic E-state index is 0.481. The topological polar surface area (TPSA) is 45.7 Å². The summed E-state index contributed by atoms with van der Waals surface area (Å²) in [6.07, 6.45) is 0. The third-order valence-electron chi connectivity index (χ3n) is 2.05. The monoisotopic (exact) mass is 237 g/mol. The lowest BCUT2D eigenvalue weighted by atomic mass is 10.1. The van der Waals surface area contributed by atoms with E-state index in [0.29, 0.717) is 5.11 Å².